The van der Waals surface area contributed by atoms with Gasteiger partial charge in [0.1, 0.15) is 17.0 Å². The van der Waals surface area contributed by atoms with Crippen LogP contribution in [0.5, 0.6) is 17.6 Å². The smallest absolute Gasteiger partial charge is 0.400 e. The Balaban J connectivity index is 1.67. The fourth-order valence-electron chi connectivity index (χ4n) is 2.97. The highest BCUT2D eigenvalue weighted by molar-refractivity contribution is 6.31. The Hall–Kier alpha value is -2.53. The molecule has 1 aromatic heterocycles. The van der Waals surface area contributed by atoms with Crippen LogP contribution < -0.4 is 9.47 Å². The number of aromatic nitrogens is 1. The van der Waals surface area contributed by atoms with E-state index in [0.717, 1.165) is 25.5 Å². The van der Waals surface area contributed by atoms with Gasteiger partial charge in [0.15, 0.2) is 18.0 Å². The highest BCUT2D eigenvalue weighted by Crippen LogP contribution is 2.29. The van der Waals surface area contributed by atoms with Gasteiger partial charge in [0.25, 0.3) is 0 Å². The van der Waals surface area contributed by atoms with Crippen LogP contribution in [0.3, 0.4) is 0 Å². The molecule has 5 nitrogen and oxygen atoms in total. The van der Waals surface area contributed by atoms with Crippen molar-refractivity contribution >= 4 is 29.0 Å². The summed E-state index contributed by atoms with van der Waals surface area (Å²) < 4.78 is 17.1. The lowest BCUT2D eigenvalue weighted by Crippen LogP contribution is -2.28. The lowest BCUT2D eigenvalue weighted by Gasteiger charge is -2.22. The van der Waals surface area contributed by atoms with Crippen LogP contribution in [0.4, 0.5) is 0 Å². The van der Waals surface area contributed by atoms with Crippen molar-refractivity contribution < 1.29 is 18.7 Å². The molecule has 0 spiro atoms. The number of aldehydes is 1. The first kappa shape index (κ1) is 19.2. The molecule has 1 heterocycles. The van der Waals surface area contributed by atoms with Crippen LogP contribution in [0.2, 0.25) is 5.02 Å². The molecular formula is C21H22ClNO4. The van der Waals surface area contributed by atoms with Gasteiger partial charge < -0.3 is 13.9 Å². The van der Waals surface area contributed by atoms with Gasteiger partial charge in [0, 0.05) is 17.0 Å². The summed E-state index contributed by atoms with van der Waals surface area (Å²) in [7, 11) is 0. The first-order valence-corrected chi connectivity index (χ1v) is 9.46. The SMILES string of the molecule is CCCC(CC)C(C=O)Oc1ccc(Oc2nc3ccc(Cl)cc3o2)cc1. The van der Waals surface area contributed by atoms with E-state index in [1.807, 2.05) is 0 Å². The van der Waals surface area contributed by atoms with Crippen LogP contribution in [-0.4, -0.2) is 17.4 Å². The van der Waals surface area contributed by atoms with E-state index in [9.17, 15) is 4.79 Å². The molecule has 0 fully saturated rings. The summed E-state index contributed by atoms with van der Waals surface area (Å²) in [5, 5.41) is 0.574. The van der Waals surface area contributed by atoms with Crippen LogP contribution in [0, 0.1) is 5.92 Å². The van der Waals surface area contributed by atoms with Crippen LogP contribution in [0.15, 0.2) is 46.9 Å². The number of hydrogen-bond acceptors (Lipinski definition) is 5. The zero-order chi connectivity index (χ0) is 19.2. The van der Waals surface area contributed by atoms with Gasteiger partial charge in [-0.15, -0.1) is 0 Å². The Kier molecular flexibility index (Phi) is 6.35. The molecule has 0 saturated carbocycles. The van der Waals surface area contributed by atoms with E-state index in [4.69, 9.17) is 25.5 Å². The number of carbonyl (C=O) groups excluding carboxylic acids is 1. The second-order valence-electron chi connectivity index (χ2n) is 6.34. The minimum Gasteiger partial charge on any atom is -0.483 e. The van der Waals surface area contributed by atoms with Crippen molar-refractivity contribution in [1.82, 2.24) is 4.98 Å². The number of nitrogens with zero attached hydrogens (tertiary/aromatic N) is 1. The van der Waals surface area contributed by atoms with Crippen LogP contribution in [0.25, 0.3) is 11.1 Å². The number of benzene rings is 2. The Morgan fingerprint density at radius 3 is 2.56 bits per heavy atom. The molecule has 0 radical (unpaired) electrons. The molecule has 6 heteroatoms. The zero-order valence-electron chi connectivity index (χ0n) is 15.4. The van der Waals surface area contributed by atoms with Crippen molar-refractivity contribution in [3.8, 4) is 17.6 Å². The topological polar surface area (TPSA) is 61.6 Å². The minimum absolute atomic E-state index is 0.140. The van der Waals surface area contributed by atoms with Gasteiger partial charge in [-0.2, -0.15) is 4.98 Å². The van der Waals surface area contributed by atoms with Crippen LogP contribution >= 0.6 is 11.6 Å². The van der Waals surface area contributed by atoms with Crippen molar-refractivity contribution in [1.29, 1.82) is 0 Å². The average molecular weight is 388 g/mol. The maximum absolute atomic E-state index is 11.4. The largest absolute Gasteiger partial charge is 0.483 e. The number of hydrogen-bond donors (Lipinski definition) is 0. The van der Waals surface area contributed by atoms with Gasteiger partial charge in [-0.05, 0) is 49.2 Å². The predicted molar refractivity (Wildman–Crippen MR) is 105 cm³/mol. The van der Waals surface area contributed by atoms with Gasteiger partial charge in [-0.3, -0.25) is 4.79 Å². The fourth-order valence-corrected chi connectivity index (χ4v) is 3.13. The molecule has 142 valence electrons. The molecule has 0 bridgehead atoms. The molecule has 2 atom stereocenters. The normalized spacial score (nSPS) is 13.3. The lowest BCUT2D eigenvalue weighted by atomic mass is 9.95. The lowest BCUT2D eigenvalue weighted by molar-refractivity contribution is -0.116. The summed E-state index contributed by atoms with van der Waals surface area (Å²) in [6, 6.07) is 12.2. The molecule has 27 heavy (non-hydrogen) atoms. The number of halogens is 1. The maximum atomic E-state index is 11.4. The summed E-state index contributed by atoms with van der Waals surface area (Å²) in [6.45, 7) is 4.18. The molecule has 3 rings (SSSR count). The Morgan fingerprint density at radius 2 is 1.89 bits per heavy atom. The molecule has 0 aliphatic rings. The molecule has 3 aromatic rings. The summed E-state index contributed by atoms with van der Waals surface area (Å²) in [5.74, 6) is 1.40. The predicted octanol–water partition coefficient (Wildman–Crippen LogP) is 6.05. The van der Waals surface area contributed by atoms with E-state index in [0.29, 0.717) is 27.6 Å². The van der Waals surface area contributed by atoms with E-state index in [-0.39, 0.29) is 12.0 Å². The number of ether oxygens (including phenoxy) is 2. The number of rotatable bonds is 9. The Labute approximate surface area is 163 Å². The molecule has 0 aliphatic heterocycles. The fraction of sp³-hybridized carbons (Fsp3) is 0.333. The standard InChI is InChI=1S/C21H22ClNO4/c1-3-5-14(4-2)20(13-24)25-16-7-9-17(10-8-16)26-21-23-18-11-6-15(22)12-19(18)27-21/h6-14,20H,3-5H2,1-2H3. The molecule has 0 aliphatic carbocycles. The van der Waals surface area contributed by atoms with Crippen molar-refractivity contribution in [2.75, 3.05) is 0 Å². The molecule has 0 saturated heterocycles. The molecule has 0 amide bonds. The monoisotopic (exact) mass is 387 g/mol. The maximum Gasteiger partial charge on any atom is 0.400 e. The summed E-state index contributed by atoms with van der Waals surface area (Å²) in [5.41, 5.74) is 1.23. The number of oxazole rings is 1. The molecule has 2 unspecified atom stereocenters. The summed E-state index contributed by atoms with van der Waals surface area (Å²) in [4.78, 5) is 15.7. The van der Waals surface area contributed by atoms with Crippen molar-refractivity contribution in [2.45, 2.75) is 39.2 Å². The van der Waals surface area contributed by atoms with Crippen molar-refractivity contribution in [3.63, 3.8) is 0 Å². The van der Waals surface area contributed by atoms with E-state index in [1.54, 1.807) is 42.5 Å². The highest BCUT2D eigenvalue weighted by Gasteiger charge is 2.20. The Bertz CT molecular complexity index is 891. The van der Waals surface area contributed by atoms with E-state index in [2.05, 4.69) is 18.8 Å². The van der Waals surface area contributed by atoms with Crippen molar-refractivity contribution in [3.05, 3.63) is 47.5 Å². The van der Waals surface area contributed by atoms with Crippen LogP contribution in [-0.2, 0) is 4.79 Å². The van der Waals surface area contributed by atoms with Gasteiger partial charge in [-0.1, -0.05) is 31.9 Å². The van der Waals surface area contributed by atoms with Gasteiger partial charge in [-0.25, -0.2) is 0 Å². The third-order valence-corrected chi connectivity index (χ3v) is 4.65. The minimum atomic E-state index is -0.441. The van der Waals surface area contributed by atoms with E-state index >= 15 is 0 Å². The Morgan fingerprint density at radius 1 is 1.15 bits per heavy atom. The molecular weight excluding hydrogens is 366 g/mol. The first-order chi connectivity index (χ1) is 13.1. The van der Waals surface area contributed by atoms with Gasteiger partial charge >= 0.3 is 6.08 Å². The zero-order valence-corrected chi connectivity index (χ0v) is 16.1. The summed E-state index contributed by atoms with van der Waals surface area (Å²) in [6.07, 6.45) is 3.47. The second-order valence-corrected chi connectivity index (χ2v) is 6.78. The second kappa shape index (κ2) is 8.91. The van der Waals surface area contributed by atoms with Crippen LogP contribution in [0.1, 0.15) is 33.1 Å². The first-order valence-electron chi connectivity index (χ1n) is 9.08. The number of fused-ring (bicyclic) bond motifs is 1. The third-order valence-electron chi connectivity index (χ3n) is 4.41. The van der Waals surface area contributed by atoms with Crippen molar-refractivity contribution in [2.24, 2.45) is 5.92 Å². The van der Waals surface area contributed by atoms with Gasteiger partial charge in [0.05, 0.1) is 0 Å². The quantitative estimate of drug-likeness (QED) is 0.418. The van der Waals surface area contributed by atoms with E-state index in [1.165, 1.54) is 0 Å². The van der Waals surface area contributed by atoms with E-state index < -0.39 is 6.10 Å². The summed E-state index contributed by atoms with van der Waals surface area (Å²) >= 11 is 5.94. The number of carbonyl (C=O) groups is 1. The third kappa shape index (κ3) is 4.80. The molecule has 2 aromatic carbocycles. The molecule has 0 N–H and O–H groups in total. The highest BCUT2D eigenvalue weighted by atomic mass is 35.5. The van der Waals surface area contributed by atoms with Gasteiger partial charge in [0.2, 0.25) is 0 Å². The average Bonchev–Trinajstić information content (AvgIpc) is 3.07.